The Labute approximate surface area is 213 Å². The third kappa shape index (κ3) is 6.74. The van der Waals surface area contributed by atoms with Gasteiger partial charge in [0.05, 0.1) is 12.3 Å². The topological polar surface area (TPSA) is 82.4 Å². The second kappa shape index (κ2) is 11.9. The summed E-state index contributed by atoms with van der Waals surface area (Å²) in [5.74, 6) is -0.0565. The quantitative estimate of drug-likeness (QED) is 0.364. The highest BCUT2D eigenvalue weighted by atomic mass is 16.6. The molecule has 36 heavy (non-hydrogen) atoms. The summed E-state index contributed by atoms with van der Waals surface area (Å²) in [6.45, 7) is 9.86. The van der Waals surface area contributed by atoms with Gasteiger partial charge in [-0.25, -0.2) is 4.79 Å². The van der Waals surface area contributed by atoms with Gasteiger partial charge in [0.15, 0.2) is 11.3 Å². The molecule has 0 unspecified atom stereocenters. The van der Waals surface area contributed by atoms with Crippen LogP contribution < -0.4 is 10.1 Å². The molecule has 0 aliphatic carbocycles. The van der Waals surface area contributed by atoms with Gasteiger partial charge in [0.25, 0.3) is 5.91 Å². The van der Waals surface area contributed by atoms with Gasteiger partial charge >= 0.3 is 5.97 Å². The number of rotatable bonds is 11. The first-order valence-corrected chi connectivity index (χ1v) is 12.5. The summed E-state index contributed by atoms with van der Waals surface area (Å²) >= 11 is 0. The number of carbonyl (C=O) groups is 2. The lowest BCUT2D eigenvalue weighted by Crippen LogP contribution is -2.39. The van der Waals surface area contributed by atoms with E-state index in [0.29, 0.717) is 24.6 Å². The number of ether oxygens (including phenoxy) is 2. The standard InChI is InChI=1S/C29H37N3O4/c1-7-9-10-21-11-14-23(15-12-21)25-18-24(31-32(25)6)27(33)30-19-22-13-16-26(20(3)17-22)36-29(4,5)28(34)35-8-2/h11-18H,7-10,19H2,1-6H3,(H,30,33). The molecule has 1 N–H and O–H groups in total. The first kappa shape index (κ1) is 27.0. The fraction of sp³-hybridized carbons (Fsp3) is 0.414. The highest BCUT2D eigenvalue weighted by Gasteiger charge is 2.32. The van der Waals surface area contributed by atoms with Crippen molar-refractivity contribution in [3.05, 3.63) is 70.9 Å². The summed E-state index contributed by atoms with van der Waals surface area (Å²) in [4.78, 5) is 24.9. The lowest BCUT2D eigenvalue weighted by atomic mass is 10.0. The fourth-order valence-electron chi connectivity index (χ4n) is 3.90. The number of unbranched alkanes of at least 4 members (excludes halogenated alkanes) is 1. The lowest BCUT2D eigenvalue weighted by molar-refractivity contribution is -0.158. The molecule has 0 spiro atoms. The molecule has 2 aromatic carbocycles. The van der Waals surface area contributed by atoms with Crippen molar-refractivity contribution in [3.63, 3.8) is 0 Å². The molecule has 0 atom stereocenters. The smallest absolute Gasteiger partial charge is 0.349 e. The second-order valence-electron chi connectivity index (χ2n) is 9.45. The van der Waals surface area contributed by atoms with Crippen LogP contribution in [0.15, 0.2) is 48.5 Å². The summed E-state index contributed by atoms with van der Waals surface area (Å²) in [5, 5.41) is 7.36. The maximum Gasteiger partial charge on any atom is 0.349 e. The van der Waals surface area contributed by atoms with Crippen molar-refractivity contribution in [2.75, 3.05) is 6.61 Å². The van der Waals surface area contributed by atoms with Gasteiger partial charge in [-0.3, -0.25) is 9.48 Å². The van der Waals surface area contributed by atoms with Crippen molar-refractivity contribution in [1.82, 2.24) is 15.1 Å². The van der Waals surface area contributed by atoms with Gasteiger partial charge in [-0.1, -0.05) is 49.7 Å². The van der Waals surface area contributed by atoms with E-state index >= 15 is 0 Å². The number of esters is 1. The molecule has 0 saturated heterocycles. The van der Waals surface area contributed by atoms with Crippen LogP contribution >= 0.6 is 0 Å². The molecule has 0 fully saturated rings. The monoisotopic (exact) mass is 491 g/mol. The maximum absolute atomic E-state index is 12.8. The largest absolute Gasteiger partial charge is 0.476 e. The van der Waals surface area contributed by atoms with Gasteiger partial charge < -0.3 is 14.8 Å². The lowest BCUT2D eigenvalue weighted by Gasteiger charge is -2.25. The van der Waals surface area contributed by atoms with Crippen LogP contribution in [0.2, 0.25) is 0 Å². The molecular formula is C29H37N3O4. The van der Waals surface area contributed by atoms with Crippen LogP contribution in [-0.4, -0.2) is 33.9 Å². The molecule has 0 radical (unpaired) electrons. The minimum absolute atomic E-state index is 0.238. The Kier molecular flexibility index (Phi) is 8.91. The number of hydrogen-bond acceptors (Lipinski definition) is 5. The third-order valence-corrected chi connectivity index (χ3v) is 6.01. The van der Waals surface area contributed by atoms with Crippen LogP contribution in [0.4, 0.5) is 0 Å². The van der Waals surface area contributed by atoms with Gasteiger partial charge in [-0.2, -0.15) is 5.10 Å². The molecule has 0 aliphatic heterocycles. The zero-order valence-corrected chi connectivity index (χ0v) is 22.2. The van der Waals surface area contributed by atoms with Crippen molar-refractivity contribution in [2.24, 2.45) is 7.05 Å². The van der Waals surface area contributed by atoms with Crippen molar-refractivity contribution in [2.45, 2.75) is 66.0 Å². The molecule has 3 rings (SSSR count). The van der Waals surface area contributed by atoms with Crippen LogP contribution in [0.3, 0.4) is 0 Å². The van der Waals surface area contributed by atoms with Crippen molar-refractivity contribution in [1.29, 1.82) is 0 Å². The Hall–Kier alpha value is -3.61. The van der Waals surface area contributed by atoms with E-state index in [1.54, 1.807) is 31.5 Å². The first-order chi connectivity index (χ1) is 17.1. The van der Waals surface area contributed by atoms with E-state index in [1.807, 2.05) is 32.2 Å². The molecule has 0 saturated carbocycles. The predicted molar refractivity (Wildman–Crippen MR) is 141 cm³/mol. The number of aryl methyl sites for hydroxylation is 3. The van der Waals surface area contributed by atoms with Crippen LogP contribution in [0.25, 0.3) is 11.3 Å². The van der Waals surface area contributed by atoms with Gasteiger partial charge in [-0.05, 0) is 74.9 Å². The van der Waals surface area contributed by atoms with Crippen molar-refractivity contribution >= 4 is 11.9 Å². The van der Waals surface area contributed by atoms with Gasteiger partial charge in [-0.15, -0.1) is 0 Å². The van der Waals surface area contributed by atoms with Crippen molar-refractivity contribution in [3.8, 4) is 17.0 Å². The fourth-order valence-corrected chi connectivity index (χ4v) is 3.90. The summed E-state index contributed by atoms with van der Waals surface area (Å²) in [6.07, 6.45) is 3.43. The van der Waals surface area contributed by atoms with E-state index in [2.05, 4.69) is 41.6 Å². The average molecular weight is 492 g/mol. The van der Waals surface area contributed by atoms with E-state index in [9.17, 15) is 9.59 Å². The van der Waals surface area contributed by atoms with E-state index in [4.69, 9.17) is 9.47 Å². The highest BCUT2D eigenvalue weighted by molar-refractivity contribution is 5.93. The Morgan fingerprint density at radius 1 is 1.03 bits per heavy atom. The molecule has 1 heterocycles. The molecule has 3 aromatic rings. The molecule has 0 bridgehead atoms. The molecule has 1 amide bonds. The van der Waals surface area contributed by atoms with Crippen LogP contribution in [0, 0.1) is 6.92 Å². The minimum Gasteiger partial charge on any atom is -0.476 e. The number of nitrogens with zero attached hydrogens (tertiary/aromatic N) is 2. The third-order valence-electron chi connectivity index (χ3n) is 6.01. The van der Waals surface area contributed by atoms with E-state index < -0.39 is 11.6 Å². The SMILES string of the molecule is CCCCc1ccc(-c2cc(C(=O)NCc3ccc(OC(C)(C)C(=O)OCC)c(C)c3)nn2C)cc1. The zero-order valence-electron chi connectivity index (χ0n) is 22.2. The van der Waals surface area contributed by atoms with Crippen LogP contribution in [0.5, 0.6) is 5.75 Å². The molecule has 0 aliphatic rings. The predicted octanol–water partition coefficient (Wildman–Crippen LogP) is 5.39. The van der Waals surface area contributed by atoms with Gasteiger partial charge in [0.2, 0.25) is 0 Å². The Morgan fingerprint density at radius 2 is 1.72 bits per heavy atom. The van der Waals surface area contributed by atoms with Crippen LogP contribution in [0.1, 0.15) is 67.7 Å². The number of aromatic nitrogens is 2. The highest BCUT2D eigenvalue weighted by Crippen LogP contribution is 2.25. The Morgan fingerprint density at radius 3 is 2.36 bits per heavy atom. The van der Waals surface area contributed by atoms with E-state index in [1.165, 1.54) is 18.4 Å². The molecule has 192 valence electrons. The summed E-state index contributed by atoms with van der Waals surface area (Å²) in [7, 11) is 1.84. The molecular weight excluding hydrogens is 454 g/mol. The van der Waals surface area contributed by atoms with E-state index in [0.717, 1.165) is 28.8 Å². The zero-order chi connectivity index (χ0) is 26.3. The number of hydrogen-bond donors (Lipinski definition) is 1. The number of benzene rings is 2. The van der Waals surface area contributed by atoms with Crippen LogP contribution in [-0.2, 0) is 29.5 Å². The average Bonchev–Trinajstić information content (AvgIpc) is 3.24. The van der Waals surface area contributed by atoms with Crippen molar-refractivity contribution < 1.29 is 19.1 Å². The van der Waals surface area contributed by atoms with E-state index in [-0.39, 0.29) is 5.91 Å². The first-order valence-electron chi connectivity index (χ1n) is 12.5. The molecule has 1 aromatic heterocycles. The van der Waals surface area contributed by atoms with Gasteiger partial charge in [0, 0.05) is 13.6 Å². The summed E-state index contributed by atoms with van der Waals surface area (Å²) in [6, 6.07) is 15.9. The summed E-state index contributed by atoms with van der Waals surface area (Å²) in [5.41, 5.74) is 4.29. The molecule has 7 heteroatoms. The molecule has 7 nitrogen and oxygen atoms in total. The maximum atomic E-state index is 12.8. The summed E-state index contributed by atoms with van der Waals surface area (Å²) < 4.78 is 12.7. The number of amides is 1. The number of carbonyl (C=O) groups excluding carboxylic acids is 2. The Balaban J connectivity index is 1.63. The minimum atomic E-state index is -1.09. The van der Waals surface area contributed by atoms with Gasteiger partial charge in [0.1, 0.15) is 5.75 Å². The normalized spacial score (nSPS) is 11.3. The number of nitrogens with one attached hydrogen (secondary N) is 1. The second-order valence-corrected chi connectivity index (χ2v) is 9.45. The Bertz CT molecular complexity index is 1200.